The van der Waals surface area contributed by atoms with Crippen molar-refractivity contribution in [3.05, 3.63) is 35.9 Å². The van der Waals surface area contributed by atoms with Gasteiger partial charge in [-0.05, 0) is 37.0 Å². The van der Waals surface area contributed by atoms with E-state index in [0.717, 1.165) is 17.9 Å². The molecule has 2 N–H and O–H groups in total. The van der Waals surface area contributed by atoms with E-state index < -0.39 is 0 Å². The van der Waals surface area contributed by atoms with Crippen molar-refractivity contribution in [2.24, 2.45) is 5.73 Å². The quantitative estimate of drug-likeness (QED) is 0.873. The molecule has 0 unspecified atom stereocenters. The summed E-state index contributed by atoms with van der Waals surface area (Å²) in [7, 11) is 0. The molecule has 0 atom stereocenters. The number of nitrogens with two attached hydrogens (primary N) is 1. The van der Waals surface area contributed by atoms with E-state index in [1.807, 2.05) is 6.07 Å². The van der Waals surface area contributed by atoms with E-state index in [0.29, 0.717) is 12.6 Å². The average Bonchev–Trinajstić information content (AvgIpc) is 3.31. The molecule has 0 aliphatic heterocycles. The van der Waals surface area contributed by atoms with Gasteiger partial charge in [-0.1, -0.05) is 31.5 Å². The van der Waals surface area contributed by atoms with Crippen molar-refractivity contribution in [3.63, 3.8) is 0 Å². The van der Waals surface area contributed by atoms with E-state index >= 15 is 0 Å². The smallest absolute Gasteiger partial charge is 0.129 e. The molecule has 3 heteroatoms. The lowest BCUT2D eigenvalue weighted by Gasteiger charge is -2.24. The Hall–Kier alpha value is -1.61. The molecule has 106 valence electrons. The molecule has 3 rings (SSSR count). The van der Waals surface area contributed by atoms with Gasteiger partial charge in [0.15, 0.2) is 0 Å². The SMILES string of the molecule is CCCCN(c1cc(CN)c2ccccc2n1)C1CC1. The van der Waals surface area contributed by atoms with Crippen LogP contribution >= 0.6 is 0 Å². The van der Waals surface area contributed by atoms with Crippen LogP contribution in [0.1, 0.15) is 38.2 Å². The van der Waals surface area contributed by atoms with E-state index in [2.05, 4.69) is 36.1 Å². The van der Waals surface area contributed by atoms with Crippen molar-refractivity contribution in [2.75, 3.05) is 11.4 Å². The van der Waals surface area contributed by atoms with Gasteiger partial charge in [0.25, 0.3) is 0 Å². The van der Waals surface area contributed by atoms with Crippen LogP contribution in [-0.2, 0) is 6.54 Å². The fraction of sp³-hybridized carbons (Fsp3) is 0.471. The number of nitrogens with zero attached hydrogens (tertiary/aromatic N) is 2. The minimum absolute atomic E-state index is 0.572. The third-order valence-corrected chi connectivity index (χ3v) is 4.04. The van der Waals surface area contributed by atoms with E-state index in [9.17, 15) is 0 Å². The number of hydrogen-bond acceptors (Lipinski definition) is 3. The van der Waals surface area contributed by atoms with Crippen LogP contribution in [0.15, 0.2) is 30.3 Å². The van der Waals surface area contributed by atoms with E-state index in [1.54, 1.807) is 0 Å². The first-order valence-corrected chi connectivity index (χ1v) is 7.69. The number of pyridine rings is 1. The van der Waals surface area contributed by atoms with Gasteiger partial charge in [-0.3, -0.25) is 0 Å². The molecule has 1 aromatic carbocycles. The second-order valence-corrected chi connectivity index (χ2v) is 5.64. The first-order chi connectivity index (χ1) is 9.83. The Morgan fingerprint density at radius 2 is 2.10 bits per heavy atom. The molecule has 0 spiro atoms. The minimum Gasteiger partial charge on any atom is -0.354 e. The van der Waals surface area contributed by atoms with Crippen molar-refractivity contribution < 1.29 is 0 Å². The zero-order valence-corrected chi connectivity index (χ0v) is 12.2. The second kappa shape index (κ2) is 5.80. The van der Waals surface area contributed by atoms with Crippen LogP contribution in [0.4, 0.5) is 5.82 Å². The normalized spacial score (nSPS) is 14.7. The molecule has 1 aliphatic rings. The van der Waals surface area contributed by atoms with Crippen molar-refractivity contribution in [3.8, 4) is 0 Å². The van der Waals surface area contributed by atoms with Gasteiger partial charge < -0.3 is 10.6 Å². The van der Waals surface area contributed by atoms with Crippen molar-refractivity contribution >= 4 is 16.7 Å². The Bertz CT molecular complexity index is 590. The number of para-hydroxylation sites is 1. The van der Waals surface area contributed by atoms with E-state index in [1.165, 1.54) is 36.6 Å². The summed E-state index contributed by atoms with van der Waals surface area (Å²) >= 11 is 0. The summed E-state index contributed by atoms with van der Waals surface area (Å²) in [5.41, 5.74) is 8.19. The van der Waals surface area contributed by atoms with Gasteiger partial charge in [-0.25, -0.2) is 4.98 Å². The molecular weight excluding hydrogens is 246 g/mol. The third kappa shape index (κ3) is 2.63. The van der Waals surface area contributed by atoms with Gasteiger partial charge in [0.2, 0.25) is 0 Å². The number of anilines is 1. The monoisotopic (exact) mass is 269 g/mol. The molecule has 0 bridgehead atoms. The van der Waals surface area contributed by atoms with Gasteiger partial charge in [-0.2, -0.15) is 0 Å². The average molecular weight is 269 g/mol. The van der Waals surface area contributed by atoms with Gasteiger partial charge in [0.1, 0.15) is 5.82 Å². The Morgan fingerprint density at radius 1 is 1.30 bits per heavy atom. The number of fused-ring (bicyclic) bond motifs is 1. The molecule has 1 aromatic heterocycles. The minimum atomic E-state index is 0.572. The highest BCUT2D eigenvalue weighted by atomic mass is 15.2. The molecule has 2 aromatic rings. The predicted molar refractivity (Wildman–Crippen MR) is 84.9 cm³/mol. The highest BCUT2D eigenvalue weighted by Crippen LogP contribution is 2.32. The maximum absolute atomic E-state index is 5.93. The second-order valence-electron chi connectivity index (χ2n) is 5.64. The van der Waals surface area contributed by atoms with Crippen LogP contribution in [0.3, 0.4) is 0 Å². The summed E-state index contributed by atoms with van der Waals surface area (Å²) in [5, 5.41) is 1.19. The Morgan fingerprint density at radius 3 is 2.80 bits per heavy atom. The molecule has 1 fully saturated rings. The van der Waals surface area contributed by atoms with Gasteiger partial charge in [0.05, 0.1) is 5.52 Å². The van der Waals surface area contributed by atoms with Crippen LogP contribution in [0, 0.1) is 0 Å². The number of unbranched alkanes of at least 4 members (excludes halogenated alkanes) is 1. The lowest BCUT2D eigenvalue weighted by Crippen LogP contribution is -2.28. The molecule has 1 aliphatic carbocycles. The molecule has 0 radical (unpaired) electrons. The van der Waals surface area contributed by atoms with Crippen LogP contribution in [0.25, 0.3) is 10.9 Å². The summed E-state index contributed by atoms with van der Waals surface area (Å²) in [6.07, 6.45) is 5.05. The molecule has 3 nitrogen and oxygen atoms in total. The first-order valence-electron chi connectivity index (χ1n) is 7.69. The summed E-state index contributed by atoms with van der Waals surface area (Å²) in [6.45, 7) is 3.92. The molecule has 1 heterocycles. The van der Waals surface area contributed by atoms with Crippen LogP contribution in [0.5, 0.6) is 0 Å². The number of rotatable bonds is 6. The number of hydrogen-bond donors (Lipinski definition) is 1. The zero-order chi connectivity index (χ0) is 13.9. The van der Waals surface area contributed by atoms with Crippen LogP contribution < -0.4 is 10.6 Å². The van der Waals surface area contributed by atoms with Crippen molar-refractivity contribution in [1.29, 1.82) is 0 Å². The Balaban J connectivity index is 2.00. The fourth-order valence-electron chi connectivity index (χ4n) is 2.75. The fourth-order valence-corrected chi connectivity index (χ4v) is 2.75. The highest BCUT2D eigenvalue weighted by molar-refractivity contribution is 5.84. The van der Waals surface area contributed by atoms with Gasteiger partial charge in [-0.15, -0.1) is 0 Å². The van der Waals surface area contributed by atoms with E-state index in [4.69, 9.17) is 10.7 Å². The lowest BCUT2D eigenvalue weighted by molar-refractivity contribution is 0.705. The van der Waals surface area contributed by atoms with Gasteiger partial charge >= 0.3 is 0 Å². The topological polar surface area (TPSA) is 42.1 Å². The molecular formula is C17H23N3. The van der Waals surface area contributed by atoms with Crippen molar-refractivity contribution in [2.45, 2.75) is 45.2 Å². The zero-order valence-electron chi connectivity index (χ0n) is 12.2. The highest BCUT2D eigenvalue weighted by Gasteiger charge is 2.29. The molecule has 20 heavy (non-hydrogen) atoms. The Labute approximate surface area is 120 Å². The molecule has 0 saturated heterocycles. The molecule has 1 saturated carbocycles. The third-order valence-electron chi connectivity index (χ3n) is 4.04. The van der Waals surface area contributed by atoms with Crippen LogP contribution in [-0.4, -0.2) is 17.6 Å². The Kier molecular flexibility index (Phi) is 3.88. The maximum Gasteiger partial charge on any atom is 0.129 e. The standard InChI is InChI=1S/C17H23N3/c1-2-3-10-20(14-8-9-14)17-11-13(12-18)15-6-4-5-7-16(15)19-17/h4-7,11,14H,2-3,8-10,12,18H2,1H3. The summed E-state index contributed by atoms with van der Waals surface area (Å²) < 4.78 is 0. The number of benzene rings is 1. The largest absolute Gasteiger partial charge is 0.354 e. The summed E-state index contributed by atoms with van der Waals surface area (Å²) in [6, 6.07) is 11.2. The number of aromatic nitrogens is 1. The maximum atomic E-state index is 5.93. The summed E-state index contributed by atoms with van der Waals surface area (Å²) in [4.78, 5) is 7.35. The molecule has 0 amide bonds. The predicted octanol–water partition coefficient (Wildman–Crippen LogP) is 3.46. The summed E-state index contributed by atoms with van der Waals surface area (Å²) in [5.74, 6) is 1.11. The first kappa shape index (κ1) is 13.4. The van der Waals surface area contributed by atoms with Crippen LogP contribution in [0.2, 0.25) is 0 Å². The van der Waals surface area contributed by atoms with Gasteiger partial charge in [0, 0.05) is 24.5 Å². The lowest BCUT2D eigenvalue weighted by atomic mass is 10.1. The van der Waals surface area contributed by atoms with E-state index in [-0.39, 0.29) is 0 Å². The van der Waals surface area contributed by atoms with Crippen molar-refractivity contribution in [1.82, 2.24) is 4.98 Å².